The smallest absolute Gasteiger partial charge is 0.321 e. The average molecular weight is 334 g/mol. The monoisotopic (exact) mass is 334 g/mol. The van der Waals surface area contributed by atoms with Crippen molar-refractivity contribution in [2.45, 2.75) is 24.9 Å². The molecule has 2 amide bonds. The van der Waals surface area contributed by atoms with Crippen molar-refractivity contribution < 1.29 is 14.6 Å². The van der Waals surface area contributed by atoms with E-state index >= 15 is 0 Å². The van der Waals surface area contributed by atoms with Crippen LogP contribution in [0.1, 0.15) is 35.4 Å². The number of benzene rings is 1. The highest BCUT2D eigenvalue weighted by atomic mass is 32.1. The number of ether oxygens (including phenoxy) is 1. The van der Waals surface area contributed by atoms with Crippen LogP contribution in [-0.2, 0) is 0 Å². The number of aliphatic hydroxyl groups is 1. The number of amides is 2. The normalized spacial score (nSPS) is 15.0. The summed E-state index contributed by atoms with van der Waals surface area (Å²) in [6.45, 7) is 0.104. The fourth-order valence-corrected chi connectivity index (χ4v) is 2.96. The molecule has 0 spiro atoms. The van der Waals surface area contributed by atoms with Crippen LogP contribution in [0.4, 0.5) is 9.93 Å². The van der Waals surface area contributed by atoms with Crippen LogP contribution < -0.4 is 15.4 Å². The Balaban J connectivity index is 1.47. The van der Waals surface area contributed by atoms with Crippen molar-refractivity contribution in [1.29, 1.82) is 0 Å². The van der Waals surface area contributed by atoms with E-state index in [2.05, 4.69) is 20.8 Å². The zero-order valence-electron chi connectivity index (χ0n) is 12.7. The van der Waals surface area contributed by atoms with Crippen molar-refractivity contribution in [2.75, 3.05) is 19.0 Å². The van der Waals surface area contributed by atoms with E-state index in [9.17, 15) is 9.90 Å². The Hall–Kier alpha value is -2.19. The number of nitrogens with zero attached hydrogens (tertiary/aromatic N) is 2. The molecule has 1 aromatic carbocycles. The molecule has 1 fully saturated rings. The summed E-state index contributed by atoms with van der Waals surface area (Å²) in [6.07, 6.45) is 1.51. The molecule has 1 aliphatic carbocycles. The van der Waals surface area contributed by atoms with E-state index in [-0.39, 0.29) is 6.54 Å². The maximum absolute atomic E-state index is 11.8. The number of anilines is 1. The Labute approximate surface area is 137 Å². The summed E-state index contributed by atoms with van der Waals surface area (Å²) in [7, 11) is 1.58. The van der Waals surface area contributed by atoms with Crippen LogP contribution in [0.15, 0.2) is 24.3 Å². The van der Waals surface area contributed by atoms with Gasteiger partial charge in [-0.15, -0.1) is 10.2 Å². The second-order valence-corrected chi connectivity index (χ2v) is 6.35. The molecule has 3 N–H and O–H groups in total. The number of rotatable bonds is 6. The molecule has 8 heteroatoms. The largest absolute Gasteiger partial charge is 0.497 e. The number of urea groups is 1. The van der Waals surface area contributed by atoms with Gasteiger partial charge in [-0.25, -0.2) is 4.79 Å². The molecule has 1 heterocycles. The van der Waals surface area contributed by atoms with Gasteiger partial charge in [-0.2, -0.15) is 0 Å². The minimum Gasteiger partial charge on any atom is -0.497 e. The van der Waals surface area contributed by atoms with Gasteiger partial charge in [-0.1, -0.05) is 23.5 Å². The van der Waals surface area contributed by atoms with Gasteiger partial charge in [0.05, 0.1) is 13.2 Å². The molecule has 1 aliphatic rings. The van der Waals surface area contributed by atoms with Gasteiger partial charge in [0.1, 0.15) is 10.8 Å². The zero-order chi connectivity index (χ0) is 16.2. The number of aliphatic hydroxyl groups excluding tert-OH is 1. The summed E-state index contributed by atoms with van der Waals surface area (Å²) >= 11 is 1.40. The van der Waals surface area contributed by atoms with Crippen LogP contribution in [0.25, 0.3) is 0 Å². The van der Waals surface area contributed by atoms with Crippen LogP contribution >= 0.6 is 11.3 Å². The predicted octanol–water partition coefficient (Wildman–Crippen LogP) is 2.28. The summed E-state index contributed by atoms with van der Waals surface area (Å²) in [5.41, 5.74) is 0.707. The molecule has 1 atom stereocenters. The highest BCUT2D eigenvalue weighted by Crippen LogP contribution is 2.41. The van der Waals surface area contributed by atoms with Gasteiger partial charge in [-0.05, 0) is 30.5 Å². The summed E-state index contributed by atoms with van der Waals surface area (Å²) in [4.78, 5) is 11.8. The summed E-state index contributed by atoms with van der Waals surface area (Å²) in [5.74, 6) is 1.23. The van der Waals surface area contributed by atoms with E-state index in [1.807, 2.05) is 0 Å². The highest BCUT2D eigenvalue weighted by Gasteiger charge is 2.27. The summed E-state index contributed by atoms with van der Waals surface area (Å²) in [6, 6.07) is 6.64. The van der Waals surface area contributed by atoms with Crippen molar-refractivity contribution in [3.8, 4) is 5.75 Å². The quantitative estimate of drug-likeness (QED) is 0.753. The molecule has 3 rings (SSSR count). The molecule has 2 aromatic rings. The minimum atomic E-state index is -0.789. The average Bonchev–Trinajstić information content (AvgIpc) is 3.33. The summed E-state index contributed by atoms with van der Waals surface area (Å²) in [5, 5.41) is 24.8. The third-order valence-corrected chi connectivity index (χ3v) is 4.55. The van der Waals surface area contributed by atoms with Crippen LogP contribution in [0.2, 0.25) is 0 Å². The van der Waals surface area contributed by atoms with Gasteiger partial charge >= 0.3 is 6.03 Å². The molecule has 0 unspecified atom stereocenters. The molecular weight excluding hydrogens is 316 g/mol. The lowest BCUT2D eigenvalue weighted by Gasteiger charge is -2.12. The van der Waals surface area contributed by atoms with Gasteiger partial charge in [-0.3, -0.25) is 5.32 Å². The van der Waals surface area contributed by atoms with Crippen LogP contribution in [0, 0.1) is 0 Å². The van der Waals surface area contributed by atoms with E-state index in [1.165, 1.54) is 11.3 Å². The standard InChI is InChI=1S/C15H18N4O3S/c1-22-11-6-4-9(5-7-11)12(20)8-16-14(21)17-15-19-18-13(23-15)10-2-3-10/h4-7,10,12,20H,2-3,8H2,1H3,(H2,16,17,19,21)/t12-/m0/s1. The molecule has 7 nitrogen and oxygen atoms in total. The van der Waals surface area contributed by atoms with Gasteiger partial charge in [0, 0.05) is 12.5 Å². The molecule has 1 aromatic heterocycles. The fraction of sp³-hybridized carbons (Fsp3) is 0.400. The third-order valence-electron chi connectivity index (χ3n) is 3.54. The lowest BCUT2D eigenvalue weighted by molar-refractivity contribution is 0.175. The van der Waals surface area contributed by atoms with Crippen molar-refractivity contribution in [1.82, 2.24) is 15.5 Å². The van der Waals surface area contributed by atoms with Gasteiger partial charge < -0.3 is 15.2 Å². The van der Waals surface area contributed by atoms with Gasteiger partial charge in [0.15, 0.2) is 0 Å². The van der Waals surface area contributed by atoms with Crippen molar-refractivity contribution >= 4 is 22.5 Å². The Morgan fingerprint density at radius 1 is 1.39 bits per heavy atom. The Bertz CT molecular complexity index is 670. The first-order valence-electron chi connectivity index (χ1n) is 7.36. The van der Waals surface area contributed by atoms with Gasteiger partial charge in [0.25, 0.3) is 0 Å². The minimum absolute atomic E-state index is 0.104. The number of carbonyl (C=O) groups is 1. The van der Waals surface area contributed by atoms with E-state index in [0.29, 0.717) is 16.6 Å². The molecule has 0 radical (unpaired) electrons. The number of carbonyl (C=O) groups excluding carboxylic acids is 1. The molecule has 23 heavy (non-hydrogen) atoms. The number of hydrogen-bond donors (Lipinski definition) is 3. The SMILES string of the molecule is COc1ccc([C@@H](O)CNC(=O)Nc2nnc(C3CC3)s2)cc1. The maximum atomic E-state index is 11.8. The summed E-state index contributed by atoms with van der Waals surface area (Å²) < 4.78 is 5.06. The molecule has 0 saturated heterocycles. The van der Waals surface area contributed by atoms with Crippen molar-refractivity contribution in [3.63, 3.8) is 0 Å². The first-order valence-corrected chi connectivity index (χ1v) is 8.17. The molecule has 1 saturated carbocycles. The first-order chi connectivity index (χ1) is 11.2. The van der Waals surface area contributed by atoms with E-state index in [0.717, 1.165) is 23.6 Å². The van der Waals surface area contributed by atoms with E-state index in [1.54, 1.807) is 31.4 Å². The number of aromatic nitrogens is 2. The van der Waals surface area contributed by atoms with Crippen LogP contribution in [0.5, 0.6) is 5.75 Å². The number of methoxy groups -OCH3 is 1. The second-order valence-electron chi connectivity index (χ2n) is 5.34. The second kappa shape index (κ2) is 6.93. The Kier molecular flexibility index (Phi) is 4.73. The number of nitrogens with one attached hydrogen (secondary N) is 2. The Morgan fingerprint density at radius 3 is 2.78 bits per heavy atom. The number of hydrogen-bond acceptors (Lipinski definition) is 6. The first kappa shape index (κ1) is 15.7. The van der Waals surface area contributed by atoms with Crippen molar-refractivity contribution in [3.05, 3.63) is 34.8 Å². The fourth-order valence-electron chi connectivity index (χ4n) is 2.05. The molecular formula is C15H18N4O3S. The molecule has 0 aliphatic heterocycles. The van der Waals surface area contributed by atoms with Gasteiger partial charge in [0.2, 0.25) is 5.13 Å². The lowest BCUT2D eigenvalue weighted by atomic mass is 10.1. The topological polar surface area (TPSA) is 96.4 Å². The lowest BCUT2D eigenvalue weighted by Crippen LogP contribution is -2.32. The third kappa shape index (κ3) is 4.17. The predicted molar refractivity (Wildman–Crippen MR) is 86.9 cm³/mol. The van der Waals surface area contributed by atoms with Crippen LogP contribution in [-0.4, -0.2) is 35.0 Å². The van der Waals surface area contributed by atoms with E-state index in [4.69, 9.17) is 4.74 Å². The Morgan fingerprint density at radius 2 is 2.13 bits per heavy atom. The van der Waals surface area contributed by atoms with E-state index < -0.39 is 12.1 Å². The van der Waals surface area contributed by atoms with Crippen molar-refractivity contribution in [2.24, 2.45) is 0 Å². The highest BCUT2D eigenvalue weighted by molar-refractivity contribution is 7.15. The zero-order valence-corrected chi connectivity index (χ0v) is 13.5. The van der Waals surface area contributed by atoms with Crippen LogP contribution in [0.3, 0.4) is 0 Å². The molecule has 0 bridgehead atoms. The molecule has 122 valence electrons. The maximum Gasteiger partial charge on any atom is 0.321 e.